The van der Waals surface area contributed by atoms with Crippen LogP contribution in [0.2, 0.25) is 10.0 Å². The molecule has 0 N–H and O–H groups in total. The molecule has 4 saturated carbocycles. The number of rotatable bonds is 7. The summed E-state index contributed by atoms with van der Waals surface area (Å²) in [4.78, 5) is 19.4. The fourth-order valence-corrected chi connectivity index (χ4v) is 5.66. The van der Waals surface area contributed by atoms with Crippen molar-refractivity contribution >= 4 is 35.2 Å². The minimum absolute atomic E-state index is 0.0809. The van der Waals surface area contributed by atoms with Crippen molar-refractivity contribution in [2.45, 2.75) is 69.5 Å². The zero-order valence-electron chi connectivity index (χ0n) is 16.9. The number of carbonyl (C=O) groups is 1. The predicted molar refractivity (Wildman–Crippen MR) is 114 cm³/mol. The Morgan fingerprint density at radius 1 is 1.19 bits per heavy atom. The summed E-state index contributed by atoms with van der Waals surface area (Å²) in [6.07, 6.45) is 10.9. The van der Waals surface area contributed by atoms with E-state index < -0.39 is 5.41 Å². The number of carbonyl (C=O) groups excluding carboxylic acids is 1. The summed E-state index contributed by atoms with van der Waals surface area (Å²) in [6, 6.07) is 0. The Labute approximate surface area is 189 Å². The van der Waals surface area contributed by atoms with Gasteiger partial charge in [-0.1, -0.05) is 28.4 Å². The number of pyridine rings is 1. The van der Waals surface area contributed by atoms with Gasteiger partial charge in [0, 0.05) is 34.9 Å². The summed E-state index contributed by atoms with van der Waals surface area (Å²) in [5.74, 6) is 1.13. The quantitative estimate of drug-likeness (QED) is 0.312. The number of ether oxygens (including phenoxy) is 1. The molecule has 4 aliphatic rings. The molecule has 7 nitrogen and oxygen atoms in total. The molecule has 2 aromatic heterocycles. The van der Waals surface area contributed by atoms with E-state index in [9.17, 15) is 4.79 Å². The van der Waals surface area contributed by atoms with Crippen molar-refractivity contribution in [3.05, 3.63) is 39.3 Å². The van der Waals surface area contributed by atoms with Gasteiger partial charge in [0.1, 0.15) is 11.5 Å². The normalized spacial score (nSPS) is 27.2. The van der Waals surface area contributed by atoms with Crippen molar-refractivity contribution < 1.29 is 18.8 Å². The van der Waals surface area contributed by atoms with Crippen LogP contribution in [0, 0.1) is 5.41 Å². The Morgan fingerprint density at radius 2 is 1.84 bits per heavy atom. The van der Waals surface area contributed by atoms with Crippen molar-refractivity contribution in [1.29, 1.82) is 0 Å². The van der Waals surface area contributed by atoms with Gasteiger partial charge in [0.15, 0.2) is 0 Å². The fourth-order valence-electron chi connectivity index (χ4n) is 5.11. The van der Waals surface area contributed by atoms with Crippen LogP contribution in [-0.2, 0) is 16.1 Å². The second-order valence-electron chi connectivity index (χ2n) is 8.99. The largest absolute Gasteiger partial charge is 0.370 e. The summed E-state index contributed by atoms with van der Waals surface area (Å²) < 4.78 is 12.3. The number of hydrogen-bond acceptors (Lipinski definition) is 5. The highest BCUT2D eigenvalue weighted by Gasteiger charge is 2.53. The zero-order chi connectivity index (χ0) is 21.6. The molecule has 31 heavy (non-hydrogen) atoms. The minimum atomic E-state index is -0.406. The van der Waals surface area contributed by atoms with Crippen LogP contribution in [0.3, 0.4) is 0 Å². The van der Waals surface area contributed by atoms with E-state index in [1.165, 1.54) is 0 Å². The number of hydrogen-bond donors (Lipinski definition) is 0. The Hall–Kier alpha value is -2.05. The molecule has 0 aliphatic heterocycles. The molecule has 0 spiro atoms. The van der Waals surface area contributed by atoms with Crippen LogP contribution in [0.5, 0.6) is 0 Å². The molecule has 2 aromatic rings. The van der Waals surface area contributed by atoms with E-state index in [1.54, 1.807) is 12.4 Å². The highest BCUT2D eigenvalue weighted by molar-refractivity contribution is 6.38. The maximum atomic E-state index is 12.4. The fraction of sp³-hybridized carbons (Fsp3) is 0.545. The first-order valence-corrected chi connectivity index (χ1v) is 11.4. The smallest absolute Gasteiger partial charge is 0.323 e. The van der Waals surface area contributed by atoms with Gasteiger partial charge in [0.2, 0.25) is 5.78 Å². The zero-order valence-corrected chi connectivity index (χ0v) is 18.5. The Kier molecular flexibility index (Phi) is 5.25. The van der Waals surface area contributed by atoms with Crippen LogP contribution >= 0.6 is 23.2 Å². The van der Waals surface area contributed by atoms with Gasteiger partial charge in [0.25, 0.3) is 0 Å². The summed E-state index contributed by atoms with van der Waals surface area (Å²) in [5, 5.41) is 5.16. The van der Waals surface area contributed by atoms with Gasteiger partial charge in [0.05, 0.1) is 22.3 Å². The molecule has 4 fully saturated rings. The lowest BCUT2D eigenvalue weighted by molar-refractivity contribution is -0.157. The lowest BCUT2D eigenvalue weighted by Gasteiger charge is -2.51. The first-order chi connectivity index (χ1) is 15.0. The van der Waals surface area contributed by atoms with Crippen LogP contribution in [0.15, 0.2) is 16.9 Å². The number of ketones is 1. The van der Waals surface area contributed by atoms with Gasteiger partial charge in [-0.3, -0.25) is 9.78 Å². The molecule has 0 unspecified atom stereocenters. The molecule has 0 atom stereocenters. The topological polar surface area (TPSA) is 102 Å². The van der Waals surface area contributed by atoms with E-state index in [0.717, 1.165) is 68.9 Å². The SMILES string of the molecule is [N-]=[N+]=CC(=O)C12CCC(OCc3c(-c4c(Cl)cncc4Cl)noc3C3CC3)(CC1)CC2. The van der Waals surface area contributed by atoms with E-state index in [4.69, 9.17) is 38.0 Å². The molecule has 0 aromatic carbocycles. The molecule has 0 amide bonds. The molecule has 2 bridgehead atoms. The third-order valence-corrected chi connectivity index (χ3v) is 7.83. The standard InChI is InChI=1S/C22H22Cl2N4O3/c23-15-9-26-10-16(24)18(15)19-14(20(31-28-19)13-1-2-13)12-30-22-6-3-21(4-7-22,5-8-22)17(29)11-27-25/h9-11,13H,1-8,12H2. The molecule has 2 heterocycles. The van der Waals surface area contributed by atoms with Crippen LogP contribution in [-0.4, -0.2) is 32.5 Å². The maximum absolute atomic E-state index is 12.4. The molecule has 9 heteroatoms. The van der Waals surface area contributed by atoms with E-state index in [-0.39, 0.29) is 11.4 Å². The second kappa shape index (κ2) is 7.82. The first kappa shape index (κ1) is 20.8. The summed E-state index contributed by atoms with van der Waals surface area (Å²) in [5.41, 5.74) is 10.2. The molecule has 0 saturated heterocycles. The van der Waals surface area contributed by atoms with Crippen molar-refractivity contribution in [3.8, 4) is 11.3 Å². The summed E-state index contributed by atoms with van der Waals surface area (Å²) in [7, 11) is 0. The molecular weight excluding hydrogens is 439 g/mol. The van der Waals surface area contributed by atoms with Gasteiger partial charge in [-0.25, -0.2) is 0 Å². The predicted octanol–water partition coefficient (Wildman–Crippen LogP) is 5.40. The van der Waals surface area contributed by atoms with Crippen molar-refractivity contribution in [2.75, 3.05) is 0 Å². The molecular formula is C22H22Cl2N4O3. The highest BCUT2D eigenvalue weighted by atomic mass is 35.5. The number of Topliss-reactive ketones (excluding diaryl/α,β-unsaturated/α-hetero) is 1. The van der Waals surface area contributed by atoms with Crippen LogP contribution in [0.25, 0.3) is 16.8 Å². The van der Waals surface area contributed by atoms with Crippen molar-refractivity contribution in [1.82, 2.24) is 10.1 Å². The molecule has 4 aliphatic carbocycles. The summed E-state index contributed by atoms with van der Waals surface area (Å²) in [6.45, 7) is 0.360. The van der Waals surface area contributed by atoms with E-state index in [1.807, 2.05) is 0 Å². The van der Waals surface area contributed by atoms with Gasteiger partial charge in [-0.15, -0.1) is 0 Å². The average Bonchev–Trinajstić information content (AvgIpc) is 3.54. The van der Waals surface area contributed by atoms with Crippen LogP contribution < -0.4 is 0 Å². The number of nitrogens with zero attached hydrogens (tertiary/aromatic N) is 4. The minimum Gasteiger partial charge on any atom is -0.370 e. The van der Waals surface area contributed by atoms with E-state index in [2.05, 4.69) is 14.9 Å². The van der Waals surface area contributed by atoms with Crippen molar-refractivity contribution in [3.63, 3.8) is 0 Å². The third kappa shape index (κ3) is 3.64. The van der Waals surface area contributed by atoms with Gasteiger partial charge < -0.3 is 14.8 Å². The van der Waals surface area contributed by atoms with Crippen LogP contribution in [0.1, 0.15) is 68.6 Å². The molecule has 0 radical (unpaired) electrons. The van der Waals surface area contributed by atoms with Crippen LogP contribution in [0.4, 0.5) is 0 Å². The molecule has 162 valence electrons. The lowest BCUT2D eigenvalue weighted by atomic mass is 9.57. The summed E-state index contributed by atoms with van der Waals surface area (Å²) >= 11 is 12.8. The first-order valence-electron chi connectivity index (χ1n) is 10.6. The Morgan fingerprint density at radius 3 is 2.42 bits per heavy atom. The number of aromatic nitrogens is 2. The maximum Gasteiger partial charge on any atom is 0.323 e. The van der Waals surface area contributed by atoms with Crippen molar-refractivity contribution in [2.24, 2.45) is 5.41 Å². The van der Waals surface area contributed by atoms with Gasteiger partial charge in [-0.05, 0) is 51.4 Å². The highest BCUT2D eigenvalue weighted by Crippen LogP contribution is 2.55. The second-order valence-corrected chi connectivity index (χ2v) is 9.80. The van der Waals surface area contributed by atoms with E-state index >= 15 is 0 Å². The van der Waals surface area contributed by atoms with Gasteiger partial charge >= 0.3 is 6.21 Å². The Bertz CT molecular complexity index is 1040. The number of halogens is 2. The number of fused-ring (bicyclic) bond motifs is 3. The Balaban J connectivity index is 1.39. The third-order valence-electron chi connectivity index (χ3n) is 7.25. The molecule has 6 rings (SSSR count). The van der Waals surface area contributed by atoms with Gasteiger partial charge in [-0.2, -0.15) is 4.79 Å². The lowest BCUT2D eigenvalue weighted by Crippen LogP contribution is -2.51. The average molecular weight is 461 g/mol. The monoisotopic (exact) mass is 460 g/mol. The van der Waals surface area contributed by atoms with E-state index in [0.29, 0.717) is 33.8 Å².